The number of aryl methyl sites for hydroxylation is 1. The van der Waals surface area contributed by atoms with Crippen LogP contribution >= 0.6 is 0 Å². The van der Waals surface area contributed by atoms with E-state index in [4.69, 9.17) is 0 Å². The Bertz CT molecular complexity index is 758. The molecule has 1 unspecified atom stereocenters. The third-order valence-electron chi connectivity index (χ3n) is 4.19. The van der Waals surface area contributed by atoms with Gasteiger partial charge in [0.1, 0.15) is 0 Å². The van der Waals surface area contributed by atoms with Gasteiger partial charge >= 0.3 is 0 Å². The molecule has 5 heteroatoms. The molecule has 2 N–H and O–H groups in total. The van der Waals surface area contributed by atoms with Crippen molar-refractivity contribution >= 4 is 17.5 Å². The van der Waals surface area contributed by atoms with Crippen LogP contribution in [0.3, 0.4) is 0 Å². The lowest BCUT2D eigenvalue weighted by Gasteiger charge is -2.20. The minimum absolute atomic E-state index is 0.0693. The summed E-state index contributed by atoms with van der Waals surface area (Å²) in [5, 5.41) is 13.1. The van der Waals surface area contributed by atoms with Crippen LogP contribution in [-0.2, 0) is 4.79 Å². The van der Waals surface area contributed by atoms with Crippen LogP contribution in [0.5, 0.6) is 0 Å². The fourth-order valence-electron chi connectivity index (χ4n) is 2.68. The summed E-state index contributed by atoms with van der Waals surface area (Å²) in [5.41, 5.74) is 2.72. The van der Waals surface area contributed by atoms with E-state index in [-0.39, 0.29) is 18.4 Å². The van der Waals surface area contributed by atoms with Gasteiger partial charge in [0, 0.05) is 20.0 Å². The van der Waals surface area contributed by atoms with E-state index >= 15 is 0 Å². The number of aliphatic hydroxyl groups excluding tert-OH is 1. The monoisotopic (exact) mass is 340 g/mol. The van der Waals surface area contributed by atoms with Crippen LogP contribution < -0.4 is 10.2 Å². The lowest BCUT2D eigenvalue weighted by atomic mass is 10.0. The van der Waals surface area contributed by atoms with Crippen molar-refractivity contribution in [1.29, 1.82) is 0 Å². The topological polar surface area (TPSA) is 69.6 Å². The van der Waals surface area contributed by atoms with Gasteiger partial charge in [-0.1, -0.05) is 43.3 Å². The predicted molar refractivity (Wildman–Crippen MR) is 98.6 cm³/mol. The van der Waals surface area contributed by atoms with Gasteiger partial charge in [-0.3, -0.25) is 9.59 Å². The van der Waals surface area contributed by atoms with Gasteiger partial charge in [-0.15, -0.1) is 0 Å². The molecule has 2 rings (SSSR count). The lowest BCUT2D eigenvalue weighted by Crippen LogP contribution is -2.32. The number of amides is 2. The Kier molecular flexibility index (Phi) is 6.31. The molecule has 132 valence electrons. The normalized spacial score (nSPS) is 11.7. The number of nitrogens with zero attached hydrogens (tertiary/aromatic N) is 1. The lowest BCUT2D eigenvalue weighted by molar-refractivity contribution is -0.118. The van der Waals surface area contributed by atoms with Gasteiger partial charge in [-0.25, -0.2) is 0 Å². The zero-order chi connectivity index (χ0) is 18.4. The van der Waals surface area contributed by atoms with Crippen LogP contribution in [0.4, 0.5) is 5.69 Å². The highest BCUT2D eigenvalue weighted by Gasteiger charge is 2.18. The molecule has 0 radical (unpaired) electrons. The summed E-state index contributed by atoms with van der Waals surface area (Å²) < 4.78 is 0. The zero-order valence-corrected chi connectivity index (χ0v) is 14.8. The van der Waals surface area contributed by atoms with Crippen molar-refractivity contribution in [2.75, 3.05) is 18.5 Å². The molecule has 5 nitrogen and oxygen atoms in total. The highest BCUT2D eigenvalue weighted by atomic mass is 16.3. The first-order chi connectivity index (χ1) is 12.0. The predicted octanol–water partition coefficient (Wildman–Crippen LogP) is 2.83. The summed E-state index contributed by atoms with van der Waals surface area (Å²) in [6, 6.07) is 14.5. The van der Waals surface area contributed by atoms with Gasteiger partial charge in [-0.2, -0.15) is 0 Å². The van der Waals surface area contributed by atoms with E-state index in [1.807, 2.05) is 31.2 Å². The van der Waals surface area contributed by atoms with E-state index in [1.165, 1.54) is 4.90 Å². The van der Waals surface area contributed by atoms with E-state index in [1.54, 1.807) is 38.2 Å². The van der Waals surface area contributed by atoms with Crippen molar-refractivity contribution in [2.45, 2.75) is 26.4 Å². The van der Waals surface area contributed by atoms with E-state index in [0.29, 0.717) is 17.7 Å². The van der Waals surface area contributed by atoms with Gasteiger partial charge in [0.2, 0.25) is 5.91 Å². The first-order valence-electron chi connectivity index (χ1n) is 8.33. The molecule has 0 aromatic heterocycles. The first kappa shape index (κ1) is 18.7. The number of anilines is 1. The molecule has 0 aliphatic carbocycles. The van der Waals surface area contributed by atoms with Crippen molar-refractivity contribution in [3.63, 3.8) is 0 Å². The molecule has 0 bridgehead atoms. The molecule has 2 amide bonds. The smallest absolute Gasteiger partial charge is 0.253 e. The Hall–Kier alpha value is -2.66. The molecule has 2 aromatic carbocycles. The quantitative estimate of drug-likeness (QED) is 0.849. The number of carbonyl (C=O) groups excluding carboxylic acids is 2. The van der Waals surface area contributed by atoms with Gasteiger partial charge in [0.25, 0.3) is 5.91 Å². The molecule has 0 aliphatic rings. The minimum Gasteiger partial charge on any atom is -0.387 e. The number of rotatable bonds is 6. The van der Waals surface area contributed by atoms with Crippen molar-refractivity contribution in [3.05, 3.63) is 65.2 Å². The number of para-hydroxylation sites is 1. The fourth-order valence-corrected chi connectivity index (χ4v) is 2.68. The van der Waals surface area contributed by atoms with Crippen molar-refractivity contribution in [2.24, 2.45) is 0 Å². The second-order valence-corrected chi connectivity index (χ2v) is 5.91. The van der Waals surface area contributed by atoms with E-state index in [0.717, 1.165) is 11.1 Å². The van der Waals surface area contributed by atoms with Crippen molar-refractivity contribution in [3.8, 4) is 0 Å². The summed E-state index contributed by atoms with van der Waals surface area (Å²) in [5.74, 6) is -0.390. The minimum atomic E-state index is -0.785. The number of hydrogen-bond acceptors (Lipinski definition) is 3. The van der Waals surface area contributed by atoms with E-state index in [2.05, 4.69) is 5.32 Å². The van der Waals surface area contributed by atoms with Gasteiger partial charge in [-0.05, 0) is 30.2 Å². The Labute approximate surface area is 148 Å². The number of carbonyl (C=O) groups is 2. The van der Waals surface area contributed by atoms with Crippen LogP contribution in [0.15, 0.2) is 48.5 Å². The van der Waals surface area contributed by atoms with Crippen LogP contribution in [0.2, 0.25) is 0 Å². The Morgan fingerprint density at radius 1 is 1.12 bits per heavy atom. The summed E-state index contributed by atoms with van der Waals surface area (Å²) >= 11 is 0. The standard InChI is InChI=1S/C20H24N2O3/c1-4-19(24)22(3)17-12-8-7-11-16(17)20(25)21-13-18(23)15-10-6-5-9-14(15)2/h5-12,18,23H,4,13H2,1-3H3,(H,21,25). The van der Waals surface area contributed by atoms with Crippen LogP contribution in [0.1, 0.15) is 40.9 Å². The van der Waals surface area contributed by atoms with Crippen molar-refractivity contribution < 1.29 is 14.7 Å². The summed E-state index contributed by atoms with van der Waals surface area (Å²) in [4.78, 5) is 26.0. The van der Waals surface area contributed by atoms with Gasteiger partial charge in [0.05, 0.1) is 17.4 Å². The number of hydrogen-bond donors (Lipinski definition) is 2. The molecule has 0 spiro atoms. The second kappa shape index (κ2) is 8.44. The molecule has 0 saturated heterocycles. The van der Waals surface area contributed by atoms with Gasteiger partial charge in [0.15, 0.2) is 0 Å². The molecule has 0 aliphatic heterocycles. The maximum Gasteiger partial charge on any atom is 0.253 e. The fraction of sp³-hybridized carbons (Fsp3) is 0.300. The van der Waals surface area contributed by atoms with E-state index < -0.39 is 6.10 Å². The highest BCUT2D eigenvalue weighted by Crippen LogP contribution is 2.21. The molecule has 0 saturated carbocycles. The van der Waals surface area contributed by atoms with Crippen LogP contribution in [-0.4, -0.2) is 30.5 Å². The summed E-state index contributed by atoms with van der Waals surface area (Å²) in [6.45, 7) is 3.80. The second-order valence-electron chi connectivity index (χ2n) is 5.91. The Balaban J connectivity index is 2.11. The Morgan fingerprint density at radius 2 is 1.76 bits per heavy atom. The maximum absolute atomic E-state index is 12.5. The zero-order valence-electron chi connectivity index (χ0n) is 14.8. The third-order valence-corrected chi connectivity index (χ3v) is 4.19. The molecule has 0 heterocycles. The number of benzene rings is 2. The average molecular weight is 340 g/mol. The molecule has 25 heavy (non-hydrogen) atoms. The van der Waals surface area contributed by atoms with Gasteiger partial charge < -0.3 is 15.3 Å². The molecular formula is C20H24N2O3. The summed E-state index contributed by atoms with van der Waals surface area (Å²) in [7, 11) is 1.65. The number of nitrogens with one attached hydrogen (secondary N) is 1. The van der Waals surface area contributed by atoms with Crippen LogP contribution in [0, 0.1) is 6.92 Å². The molecular weight excluding hydrogens is 316 g/mol. The first-order valence-corrected chi connectivity index (χ1v) is 8.33. The summed E-state index contributed by atoms with van der Waals surface area (Å²) in [6.07, 6.45) is -0.425. The third kappa shape index (κ3) is 4.45. The van der Waals surface area contributed by atoms with E-state index in [9.17, 15) is 14.7 Å². The molecule has 1 atom stereocenters. The largest absolute Gasteiger partial charge is 0.387 e. The molecule has 2 aromatic rings. The SMILES string of the molecule is CCC(=O)N(C)c1ccccc1C(=O)NCC(O)c1ccccc1C. The molecule has 0 fully saturated rings. The maximum atomic E-state index is 12.5. The van der Waals surface area contributed by atoms with Crippen molar-refractivity contribution in [1.82, 2.24) is 5.32 Å². The highest BCUT2D eigenvalue weighted by molar-refractivity contribution is 6.04. The number of aliphatic hydroxyl groups is 1. The average Bonchev–Trinajstić information content (AvgIpc) is 2.64. The van der Waals surface area contributed by atoms with Crippen LogP contribution in [0.25, 0.3) is 0 Å². The Morgan fingerprint density at radius 3 is 2.44 bits per heavy atom.